The summed E-state index contributed by atoms with van der Waals surface area (Å²) in [6.07, 6.45) is 6.12. The minimum Gasteiger partial charge on any atom is -0.480 e. The molecule has 0 saturated heterocycles. The van der Waals surface area contributed by atoms with E-state index in [-0.39, 0.29) is 30.1 Å². The molecule has 2 heterocycles. The summed E-state index contributed by atoms with van der Waals surface area (Å²) in [6.45, 7) is 7.64. The lowest BCUT2D eigenvalue weighted by Gasteiger charge is -2.26. The van der Waals surface area contributed by atoms with E-state index in [1.54, 1.807) is 30.3 Å². The summed E-state index contributed by atoms with van der Waals surface area (Å²) in [6, 6.07) is 17.8. The molecule has 216 valence electrons. The summed E-state index contributed by atoms with van der Waals surface area (Å²) in [5.41, 5.74) is 2.22. The van der Waals surface area contributed by atoms with Crippen molar-refractivity contribution in [3.63, 3.8) is 0 Å². The Balaban J connectivity index is 1.77. The summed E-state index contributed by atoms with van der Waals surface area (Å²) in [7, 11) is -3.95. The minimum atomic E-state index is -3.95. The lowest BCUT2D eigenvalue weighted by molar-refractivity contribution is -0.134. The van der Waals surface area contributed by atoms with E-state index in [0.29, 0.717) is 18.1 Å². The number of aliphatic carboxylic acids is 1. The number of aromatic nitrogens is 2. The second-order valence-electron chi connectivity index (χ2n) is 10.4. The van der Waals surface area contributed by atoms with Gasteiger partial charge in [0.1, 0.15) is 12.4 Å². The van der Waals surface area contributed by atoms with Crippen LogP contribution >= 0.6 is 0 Å². The molecule has 0 bridgehead atoms. The van der Waals surface area contributed by atoms with Crippen molar-refractivity contribution in [1.29, 1.82) is 0 Å². The van der Waals surface area contributed by atoms with Gasteiger partial charge in [-0.2, -0.15) is 4.31 Å². The van der Waals surface area contributed by atoms with Crippen LogP contribution in [0.2, 0.25) is 0 Å². The fraction of sp³-hybridized carbons (Fsp3) is 0.433. The third-order valence-electron chi connectivity index (χ3n) is 6.51. The molecule has 0 amide bonds. The molecule has 3 rings (SSSR count). The van der Waals surface area contributed by atoms with Gasteiger partial charge in [-0.1, -0.05) is 76.4 Å². The fourth-order valence-electron chi connectivity index (χ4n) is 4.18. The highest BCUT2D eigenvalue weighted by Gasteiger charge is 2.27. The number of carboxylic acid groups (broad SMARTS) is 1. The Bertz CT molecular complexity index is 1320. The number of unbranched alkanes of at least 4 members (excludes halogenated alkanes) is 3. The maximum absolute atomic E-state index is 13.6. The third kappa shape index (κ3) is 9.39. The predicted octanol–water partition coefficient (Wildman–Crippen LogP) is 5.24. The van der Waals surface area contributed by atoms with E-state index in [0.717, 1.165) is 24.2 Å². The van der Waals surface area contributed by atoms with Crippen LogP contribution in [0.1, 0.15) is 63.3 Å². The van der Waals surface area contributed by atoms with Crippen LogP contribution in [0.3, 0.4) is 0 Å². The van der Waals surface area contributed by atoms with Crippen molar-refractivity contribution in [3.8, 4) is 0 Å². The number of nitrogens with zero attached hydrogens (tertiary/aromatic N) is 3. The lowest BCUT2D eigenvalue weighted by Crippen LogP contribution is -2.31. The van der Waals surface area contributed by atoms with E-state index in [9.17, 15) is 13.2 Å². The Hall–Kier alpha value is -3.34. The number of benzene rings is 1. The molecule has 0 atom stereocenters. The lowest BCUT2D eigenvalue weighted by atomic mass is 9.85. The first-order valence-corrected chi connectivity index (χ1v) is 15.1. The summed E-state index contributed by atoms with van der Waals surface area (Å²) in [5, 5.41) is 11.6. The van der Waals surface area contributed by atoms with Gasteiger partial charge in [0.25, 0.3) is 10.0 Å². The van der Waals surface area contributed by atoms with Gasteiger partial charge in [-0.3, -0.25) is 4.79 Å². The van der Waals surface area contributed by atoms with Gasteiger partial charge in [-0.25, -0.2) is 18.4 Å². The van der Waals surface area contributed by atoms with Gasteiger partial charge in [-0.15, -0.1) is 0 Å². The summed E-state index contributed by atoms with van der Waals surface area (Å²) >= 11 is 0. The number of carboxylic acids is 1. The monoisotopic (exact) mass is 568 g/mol. The van der Waals surface area contributed by atoms with E-state index in [1.165, 1.54) is 35.8 Å². The highest BCUT2D eigenvalue weighted by Crippen LogP contribution is 2.26. The molecule has 0 spiro atoms. The van der Waals surface area contributed by atoms with Crippen LogP contribution in [-0.4, -0.2) is 53.5 Å². The van der Waals surface area contributed by atoms with E-state index in [4.69, 9.17) is 9.84 Å². The van der Waals surface area contributed by atoms with Gasteiger partial charge in [0.2, 0.25) is 0 Å². The topological polar surface area (TPSA) is 122 Å². The molecule has 0 aliphatic heterocycles. The van der Waals surface area contributed by atoms with Crippen molar-refractivity contribution in [3.05, 3.63) is 83.7 Å². The summed E-state index contributed by atoms with van der Waals surface area (Å²) < 4.78 is 34.5. The van der Waals surface area contributed by atoms with Crippen LogP contribution in [-0.2, 0) is 38.1 Å². The second-order valence-corrected chi connectivity index (χ2v) is 12.3. The van der Waals surface area contributed by atoms with Crippen LogP contribution in [0, 0.1) is 0 Å². The van der Waals surface area contributed by atoms with Gasteiger partial charge < -0.3 is 15.2 Å². The van der Waals surface area contributed by atoms with Crippen molar-refractivity contribution in [1.82, 2.24) is 14.3 Å². The van der Waals surface area contributed by atoms with Gasteiger partial charge in [-0.05, 0) is 41.8 Å². The largest absolute Gasteiger partial charge is 0.480 e. The highest BCUT2D eigenvalue weighted by molar-refractivity contribution is 7.89. The van der Waals surface area contributed by atoms with E-state index >= 15 is 0 Å². The van der Waals surface area contributed by atoms with E-state index < -0.39 is 16.0 Å². The average molecular weight is 569 g/mol. The van der Waals surface area contributed by atoms with Crippen molar-refractivity contribution in [2.75, 3.05) is 25.1 Å². The Morgan fingerprint density at radius 1 is 1.00 bits per heavy atom. The second kappa shape index (κ2) is 14.9. The molecule has 3 aromatic rings. The molecule has 0 aliphatic carbocycles. The van der Waals surface area contributed by atoms with Crippen molar-refractivity contribution in [2.24, 2.45) is 0 Å². The number of rotatable bonds is 17. The van der Waals surface area contributed by atoms with E-state index in [1.807, 2.05) is 24.3 Å². The van der Waals surface area contributed by atoms with E-state index in [2.05, 4.69) is 36.1 Å². The quantitative estimate of drug-likeness (QED) is 0.212. The molecule has 10 heteroatoms. The average Bonchev–Trinajstić information content (AvgIpc) is 2.94. The first kappa shape index (κ1) is 31.2. The SMILES string of the molecule is CCCCCCOCC(C)(C)c1ccc(CN(Cc2cccc(NCC(=O)O)n2)S(=O)(=O)c2ccccn2)cc1. The number of pyridine rings is 2. The molecular formula is C30H40N4O5S. The van der Waals surface area contributed by atoms with Crippen molar-refractivity contribution in [2.45, 2.75) is 70.0 Å². The van der Waals surface area contributed by atoms with Crippen LogP contribution in [0.4, 0.5) is 5.82 Å². The number of hydrogen-bond donors (Lipinski definition) is 2. The number of sulfonamides is 1. The normalized spacial score (nSPS) is 12.0. The zero-order chi connectivity index (χ0) is 29.0. The summed E-state index contributed by atoms with van der Waals surface area (Å²) in [5.74, 6) is -0.661. The molecule has 0 radical (unpaired) electrons. The maximum Gasteiger partial charge on any atom is 0.322 e. The van der Waals surface area contributed by atoms with Gasteiger partial charge >= 0.3 is 5.97 Å². The number of anilines is 1. The molecule has 1 aromatic carbocycles. The van der Waals surface area contributed by atoms with Crippen LogP contribution < -0.4 is 5.32 Å². The Labute approximate surface area is 237 Å². The summed E-state index contributed by atoms with van der Waals surface area (Å²) in [4.78, 5) is 19.4. The third-order valence-corrected chi connectivity index (χ3v) is 8.22. The van der Waals surface area contributed by atoms with Crippen LogP contribution in [0.25, 0.3) is 0 Å². The zero-order valence-electron chi connectivity index (χ0n) is 23.5. The van der Waals surface area contributed by atoms with Gasteiger partial charge in [0.05, 0.1) is 18.8 Å². The molecule has 0 fully saturated rings. The number of ether oxygens (including phenoxy) is 1. The van der Waals surface area contributed by atoms with Crippen LogP contribution in [0.15, 0.2) is 71.9 Å². The molecule has 0 aliphatic rings. The Kier molecular flexibility index (Phi) is 11.6. The zero-order valence-corrected chi connectivity index (χ0v) is 24.4. The number of hydrogen-bond acceptors (Lipinski definition) is 7. The number of carbonyl (C=O) groups is 1. The fourth-order valence-corrected chi connectivity index (χ4v) is 5.51. The van der Waals surface area contributed by atoms with Gasteiger partial charge in [0.15, 0.2) is 5.03 Å². The molecule has 0 saturated carbocycles. The maximum atomic E-state index is 13.6. The highest BCUT2D eigenvalue weighted by atomic mass is 32.2. The van der Waals surface area contributed by atoms with Crippen molar-refractivity contribution < 1.29 is 23.1 Å². The molecule has 0 unspecified atom stereocenters. The molecular weight excluding hydrogens is 528 g/mol. The molecule has 2 aromatic heterocycles. The minimum absolute atomic E-state index is 0.0133. The van der Waals surface area contributed by atoms with Crippen LogP contribution in [0.5, 0.6) is 0 Å². The first-order chi connectivity index (χ1) is 19.1. The smallest absolute Gasteiger partial charge is 0.322 e. The predicted molar refractivity (Wildman–Crippen MR) is 155 cm³/mol. The number of nitrogens with one attached hydrogen (secondary N) is 1. The molecule has 2 N–H and O–H groups in total. The Morgan fingerprint density at radius 3 is 2.45 bits per heavy atom. The Morgan fingerprint density at radius 2 is 1.77 bits per heavy atom. The first-order valence-electron chi connectivity index (χ1n) is 13.6. The van der Waals surface area contributed by atoms with Crippen molar-refractivity contribution >= 4 is 21.8 Å². The molecule has 9 nitrogen and oxygen atoms in total. The standard InChI is InChI=1S/C30H40N4O5S/c1-4-5-6-9-19-39-23-30(2,3)25-16-14-24(15-17-25)21-34(40(37,38)28-13-7-8-18-31-28)22-26-11-10-12-27(33-26)32-20-29(35)36/h7-8,10-18H,4-6,9,19-23H2,1-3H3,(H,32,33)(H,35,36). The van der Waals surface area contributed by atoms with Gasteiger partial charge in [0, 0.05) is 24.8 Å². The molecule has 40 heavy (non-hydrogen) atoms.